The molecule has 0 spiro atoms. The summed E-state index contributed by atoms with van der Waals surface area (Å²) in [6.07, 6.45) is 10.1. The van der Waals surface area contributed by atoms with E-state index in [1.807, 2.05) is 64.2 Å². The molecule has 2 aliphatic heterocycles. The Labute approximate surface area is 261 Å². The van der Waals surface area contributed by atoms with Crippen molar-refractivity contribution in [1.29, 1.82) is 0 Å². The minimum Gasteiger partial charge on any atom is -0.388 e. The van der Waals surface area contributed by atoms with E-state index in [2.05, 4.69) is 32.0 Å². The highest BCUT2D eigenvalue weighted by Crippen LogP contribution is 2.36. The minimum atomic E-state index is -1.10. The summed E-state index contributed by atoms with van der Waals surface area (Å²) in [6.45, 7) is 3.31. The molecule has 5 heterocycles. The lowest BCUT2D eigenvalue weighted by molar-refractivity contribution is -0.142. The number of para-hydroxylation sites is 1. The highest BCUT2D eigenvalue weighted by atomic mass is 16.3. The van der Waals surface area contributed by atoms with Gasteiger partial charge in [-0.3, -0.25) is 29.0 Å². The van der Waals surface area contributed by atoms with E-state index in [4.69, 9.17) is 0 Å². The summed E-state index contributed by atoms with van der Waals surface area (Å²) in [5.74, 6) is 0.0663. The Bertz CT molecular complexity index is 1820. The quantitative estimate of drug-likeness (QED) is 0.303. The van der Waals surface area contributed by atoms with Crippen molar-refractivity contribution in [3.05, 3.63) is 119 Å². The van der Waals surface area contributed by atoms with Crippen molar-refractivity contribution in [2.75, 3.05) is 26.2 Å². The fourth-order valence-electron chi connectivity index (χ4n) is 6.95. The molecule has 0 aliphatic carbocycles. The van der Waals surface area contributed by atoms with Crippen molar-refractivity contribution >= 4 is 16.9 Å². The Balaban J connectivity index is 1.03. The molecule has 230 valence electrons. The van der Waals surface area contributed by atoms with Gasteiger partial charge >= 0.3 is 0 Å². The first-order chi connectivity index (χ1) is 22.0. The van der Waals surface area contributed by atoms with Crippen LogP contribution in [0.25, 0.3) is 16.7 Å². The first-order valence-corrected chi connectivity index (χ1v) is 15.6. The summed E-state index contributed by atoms with van der Waals surface area (Å²) in [6, 6.07) is 21.8. The first kappa shape index (κ1) is 29.1. The maximum atomic E-state index is 14.0. The second-order valence-electron chi connectivity index (χ2n) is 12.3. The molecule has 3 aromatic heterocycles. The number of rotatable bonds is 7. The highest BCUT2D eigenvalue weighted by molar-refractivity contribution is 5.80. The number of carbonyl (C=O) groups is 1. The summed E-state index contributed by atoms with van der Waals surface area (Å²) in [5, 5.41) is 12.1. The Morgan fingerprint density at radius 3 is 2.42 bits per heavy atom. The zero-order valence-electron chi connectivity index (χ0n) is 25.2. The molecule has 5 aromatic rings. The van der Waals surface area contributed by atoms with Gasteiger partial charge in [-0.2, -0.15) is 0 Å². The maximum absolute atomic E-state index is 14.0. The summed E-state index contributed by atoms with van der Waals surface area (Å²) in [7, 11) is 0. The van der Waals surface area contributed by atoms with Crippen LogP contribution < -0.4 is 5.56 Å². The van der Waals surface area contributed by atoms with Gasteiger partial charge < -0.3 is 14.6 Å². The molecule has 2 aliphatic rings. The van der Waals surface area contributed by atoms with Crippen molar-refractivity contribution in [2.24, 2.45) is 5.92 Å². The Kier molecular flexibility index (Phi) is 7.99. The van der Waals surface area contributed by atoms with Gasteiger partial charge in [0.1, 0.15) is 6.33 Å². The molecule has 0 saturated carbocycles. The lowest BCUT2D eigenvalue weighted by Gasteiger charge is -2.43. The lowest BCUT2D eigenvalue weighted by Crippen LogP contribution is -2.53. The fourth-order valence-corrected chi connectivity index (χ4v) is 6.95. The number of hydrogen-bond donors (Lipinski definition) is 1. The van der Waals surface area contributed by atoms with Gasteiger partial charge in [-0.1, -0.05) is 48.5 Å². The van der Waals surface area contributed by atoms with E-state index in [1.54, 1.807) is 24.7 Å². The van der Waals surface area contributed by atoms with Gasteiger partial charge in [0.15, 0.2) is 5.65 Å². The van der Waals surface area contributed by atoms with E-state index < -0.39 is 5.60 Å². The van der Waals surface area contributed by atoms with Crippen molar-refractivity contribution < 1.29 is 9.90 Å². The number of amides is 1. The van der Waals surface area contributed by atoms with Crippen LogP contribution in [-0.4, -0.2) is 76.7 Å². The second kappa shape index (κ2) is 12.4. The number of aliphatic hydroxyl groups is 1. The van der Waals surface area contributed by atoms with Gasteiger partial charge in [0, 0.05) is 68.5 Å². The van der Waals surface area contributed by atoms with E-state index in [9.17, 15) is 14.7 Å². The number of aromatic nitrogens is 5. The van der Waals surface area contributed by atoms with Crippen LogP contribution in [0.15, 0.2) is 103 Å². The van der Waals surface area contributed by atoms with Crippen LogP contribution >= 0.6 is 0 Å². The molecule has 2 aromatic carbocycles. The number of likely N-dealkylation sites (tertiary alicyclic amines) is 2. The van der Waals surface area contributed by atoms with Gasteiger partial charge in [-0.15, -0.1) is 0 Å². The molecule has 2 atom stereocenters. The zero-order valence-corrected chi connectivity index (χ0v) is 25.2. The third kappa shape index (κ3) is 6.03. The average molecular weight is 604 g/mol. The molecule has 45 heavy (non-hydrogen) atoms. The van der Waals surface area contributed by atoms with E-state index >= 15 is 0 Å². The van der Waals surface area contributed by atoms with Gasteiger partial charge in [0.25, 0.3) is 5.56 Å². The summed E-state index contributed by atoms with van der Waals surface area (Å²) in [4.78, 5) is 44.9. The molecule has 2 fully saturated rings. The predicted octanol–water partition coefficient (Wildman–Crippen LogP) is 3.64. The smallest absolute Gasteiger partial charge is 0.262 e. The minimum absolute atomic E-state index is 0.0597. The predicted molar refractivity (Wildman–Crippen MR) is 171 cm³/mol. The highest BCUT2D eigenvalue weighted by Gasteiger charge is 2.41. The summed E-state index contributed by atoms with van der Waals surface area (Å²) in [5.41, 5.74) is 2.32. The maximum Gasteiger partial charge on any atom is 0.262 e. The normalized spacial score (nSPS) is 20.3. The summed E-state index contributed by atoms with van der Waals surface area (Å²) >= 11 is 0. The van der Waals surface area contributed by atoms with Gasteiger partial charge in [0.05, 0.1) is 23.2 Å². The molecule has 10 heteroatoms. The standard InChI is InChI=1S/C35H37N7O3/c43-33(29-11-17-39(22-27-21-36-15-16-37-27)23-31(29)26-7-3-1-4-8-26)40-19-13-35(45,14-20-40)24-41-25-38-32-30(34(41)44)12-18-42(32)28-9-5-2-6-10-28/h1-10,12,15-16,18,21,25,29,31,45H,11,13-14,17,19-20,22-24H2/t29-,31+/m1/s1. The molecule has 10 nitrogen and oxygen atoms in total. The van der Waals surface area contributed by atoms with Crippen LogP contribution in [0.4, 0.5) is 0 Å². The van der Waals surface area contributed by atoms with Crippen LogP contribution in [0.3, 0.4) is 0 Å². The van der Waals surface area contributed by atoms with Crippen molar-refractivity contribution in [2.45, 2.75) is 43.9 Å². The van der Waals surface area contributed by atoms with E-state index in [0.29, 0.717) is 43.5 Å². The van der Waals surface area contributed by atoms with Crippen LogP contribution in [-0.2, 0) is 17.9 Å². The van der Waals surface area contributed by atoms with Gasteiger partial charge in [-0.05, 0) is 49.6 Å². The first-order valence-electron chi connectivity index (χ1n) is 15.6. The van der Waals surface area contributed by atoms with Crippen LogP contribution in [0.1, 0.15) is 36.4 Å². The largest absolute Gasteiger partial charge is 0.388 e. The van der Waals surface area contributed by atoms with E-state index in [-0.39, 0.29) is 29.8 Å². The number of carbonyl (C=O) groups excluding carboxylic acids is 1. The molecule has 0 bridgehead atoms. The third-order valence-electron chi connectivity index (χ3n) is 9.42. The fraction of sp³-hybridized carbons (Fsp3) is 0.343. The van der Waals surface area contributed by atoms with E-state index in [1.165, 1.54) is 10.9 Å². The van der Waals surface area contributed by atoms with Crippen LogP contribution in [0.5, 0.6) is 0 Å². The van der Waals surface area contributed by atoms with Crippen LogP contribution in [0, 0.1) is 5.92 Å². The molecule has 1 amide bonds. The number of nitrogens with zero attached hydrogens (tertiary/aromatic N) is 7. The molecule has 2 saturated heterocycles. The average Bonchev–Trinajstić information content (AvgIpc) is 3.52. The number of hydrogen-bond acceptors (Lipinski definition) is 7. The SMILES string of the molecule is O=C([C@@H]1CCN(Cc2cnccn2)C[C@H]1c1ccccc1)N1CCC(O)(Cn2cnc3c(ccn3-c3ccccc3)c2=O)CC1. The second-order valence-corrected chi connectivity index (χ2v) is 12.3. The molecular formula is C35H37N7O3. The van der Waals surface area contributed by atoms with Crippen molar-refractivity contribution in [1.82, 2.24) is 33.9 Å². The number of benzene rings is 2. The zero-order chi connectivity index (χ0) is 30.8. The van der Waals surface area contributed by atoms with Gasteiger partial charge in [-0.25, -0.2) is 4.98 Å². The Morgan fingerprint density at radius 2 is 1.69 bits per heavy atom. The Hall–Kier alpha value is -4.67. The molecule has 0 unspecified atom stereocenters. The van der Waals surface area contributed by atoms with Crippen molar-refractivity contribution in [3.8, 4) is 5.69 Å². The molecule has 0 radical (unpaired) electrons. The third-order valence-corrected chi connectivity index (χ3v) is 9.42. The van der Waals surface area contributed by atoms with Crippen LogP contribution in [0.2, 0.25) is 0 Å². The van der Waals surface area contributed by atoms with Gasteiger partial charge in [0.2, 0.25) is 5.91 Å². The molecular weight excluding hydrogens is 566 g/mol. The lowest BCUT2D eigenvalue weighted by atomic mass is 9.79. The summed E-state index contributed by atoms with van der Waals surface area (Å²) < 4.78 is 3.40. The number of fused-ring (bicyclic) bond motifs is 1. The molecule has 7 rings (SSSR count). The number of piperidine rings is 2. The van der Waals surface area contributed by atoms with Crippen molar-refractivity contribution in [3.63, 3.8) is 0 Å². The molecule has 1 N–H and O–H groups in total. The topological polar surface area (TPSA) is 109 Å². The van der Waals surface area contributed by atoms with E-state index in [0.717, 1.165) is 36.5 Å². The monoisotopic (exact) mass is 603 g/mol. The Morgan fingerprint density at radius 1 is 0.933 bits per heavy atom.